The van der Waals surface area contributed by atoms with Crippen molar-refractivity contribution in [3.8, 4) is 0 Å². The van der Waals surface area contributed by atoms with E-state index in [0.29, 0.717) is 11.4 Å². The number of para-hydroxylation sites is 2. The molecular weight excluding hydrogens is 440 g/mol. The quantitative estimate of drug-likeness (QED) is 0.377. The number of aromatic nitrogens is 2. The zero-order valence-electron chi connectivity index (χ0n) is 18.0. The molecule has 0 atom stereocenters. The smallest absolute Gasteiger partial charge is 0.273 e. The van der Waals surface area contributed by atoms with E-state index in [1.54, 1.807) is 40.0 Å². The zero-order chi connectivity index (χ0) is 22.6. The molecule has 6 nitrogen and oxygen atoms in total. The Labute approximate surface area is 194 Å². The third-order valence-electron chi connectivity index (χ3n) is 5.23. The number of carbonyl (C=O) groups excluding carboxylic acids is 2. The molecule has 1 aliphatic heterocycles. The molecule has 2 amide bonds. The Morgan fingerprint density at radius 2 is 1.00 bits per heavy atom. The fraction of sp³-hybridized carbons (Fsp3) is 0.167. The molecule has 0 aliphatic carbocycles. The summed E-state index contributed by atoms with van der Waals surface area (Å²) in [4.78, 5) is 42.1. The van der Waals surface area contributed by atoms with Gasteiger partial charge in [-0.2, -0.15) is 0 Å². The topological polar surface area (TPSA) is 66.4 Å². The van der Waals surface area contributed by atoms with E-state index in [1.807, 2.05) is 48.5 Å². The van der Waals surface area contributed by atoms with Crippen LogP contribution in [0.3, 0.4) is 0 Å². The molecule has 160 valence electrons. The first-order chi connectivity index (χ1) is 15.4. The highest BCUT2D eigenvalue weighted by molar-refractivity contribution is 8.05. The first-order valence-corrected chi connectivity index (χ1v) is 11.6. The van der Waals surface area contributed by atoms with Crippen LogP contribution in [-0.2, 0) is 0 Å². The highest BCUT2D eigenvalue weighted by Gasteiger charge is 2.32. The van der Waals surface area contributed by atoms with Crippen LogP contribution >= 0.6 is 23.5 Å². The van der Waals surface area contributed by atoms with E-state index in [9.17, 15) is 9.59 Å². The van der Waals surface area contributed by atoms with Crippen molar-refractivity contribution >= 4 is 57.1 Å². The summed E-state index contributed by atoms with van der Waals surface area (Å²) < 4.78 is 0. The van der Waals surface area contributed by atoms with E-state index in [-0.39, 0.29) is 11.8 Å². The van der Waals surface area contributed by atoms with Crippen LogP contribution in [0.5, 0.6) is 0 Å². The van der Waals surface area contributed by atoms with Gasteiger partial charge in [-0.05, 0) is 12.1 Å². The lowest BCUT2D eigenvalue weighted by atomic mass is 10.2. The van der Waals surface area contributed by atoms with Gasteiger partial charge in [-0.25, -0.2) is 9.97 Å². The van der Waals surface area contributed by atoms with Gasteiger partial charge in [0.1, 0.15) is 11.4 Å². The number of hydrogen-bond acceptors (Lipinski definition) is 6. The van der Waals surface area contributed by atoms with Crippen molar-refractivity contribution in [2.45, 2.75) is 19.6 Å². The standard InChI is InChI=1S/C24H20N4O2S2/c1-27(2)23(29)17-21-19(13-9-5-7-11-15(13)25-17)31-20-14-10-6-8-12-16(14)26-18(22(20)32-21)24(30)28(3)4/h5-12H,1-4H3. The Balaban J connectivity index is 1.84. The fourth-order valence-electron chi connectivity index (χ4n) is 3.64. The maximum atomic E-state index is 13.1. The normalized spacial score (nSPS) is 12.4. The van der Waals surface area contributed by atoms with E-state index in [0.717, 1.165) is 41.4 Å². The number of pyridine rings is 2. The average Bonchev–Trinajstić information content (AvgIpc) is 2.80. The Kier molecular flexibility index (Phi) is 5.06. The second-order valence-electron chi connectivity index (χ2n) is 7.87. The first-order valence-electron chi connectivity index (χ1n) is 10.0. The van der Waals surface area contributed by atoms with Crippen LogP contribution in [0.25, 0.3) is 21.8 Å². The second kappa shape index (κ2) is 7.79. The molecule has 0 radical (unpaired) electrons. The number of nitrogens with zero attached hydrogens (tertiary/aromatic N) is 4. The summed E-state index contributed by atoms with van der Waals surface area (Å²) >= 11 is 3.00. The Morgan fingerprint density at radius 3 is 1.41 bits per heavy atom. The van der Waals surface area contributed by atoms with E-state index in [1.165, 1.54) is 21.6 Å². The molecule has 0 spiro atoms. The zero-order valence-corrected chi connectivity index (χ0v) is 19.7. The van der Waals surface area contributed by atoms with Gasteiger partial charge in [-0.15, -0.1) is 0 Å². The monoisotopic (exact) mass is 460 g/mol. The van der Waals surface area contributed by atoms with E-state index < -0.39 is 0 Å². The van der Waals surface area contributed by atoms with Gasteiger partial charge in [-0.1, -0.05) is 59.9 Å². The van der Waals surface area contributed by atoms with Crippen LogP contribution in [0.15, 0.2) is 68.1 Å². The second-order valence-corrected chi connectivity index (χ2v) is 9.92. The third-order valence-corrected chi connectivity index (χ3v) is 7.95. The summed E-state index contributed by atoms with van der Waals surface area (Å²) in [5, 5.41) is 1.98. The summed E-state index contributed by atoms with van der Waals surface area (Å²) in [5.74, 6) is -0.337. The van der Waals surface area contributed by atoms with Gasteiger partial charge >= 0.3 is 0 Å². The van der Waals surface area contributed by atoms with Crippen LogP contribution in [0.1, 0.15) is 21.0 Å². The van der Waals surface area contributed by atoms with Gasteiger partial charge in [0.25, 0.3) is 11.8 Å². The van der Waals surface area contributed by atoms with Gasteiger partial charge in [0, 0.05) is 48.8 Å². The minimum absolute atomic E-state index is 0.169. The fourth-order valence-corrected chi connectivity index (χ4v) is 6.35. The Morgan fingerprint density at radius 1 is 0.625 bits per heavy atom. The molecule has 0 saturated carbocycles. The molecule has 3 heterocycles. The molecule has 0 fully saturated rings. The first kappa shape index (κ1) is 20.8. The van der Waals surface area contributed by atoms with E-state index >= 15 is 0 Å². The van der Waals surface area contributed by atoms with Crippen molar-refractivity contribution in [2.75, 3.05) is 28.2 Å². The Hall–Kier alpha value is -3.10. The predicted octanol–water partition coefficient (Wildman–Crippen LogP) is 4.80. The molecule has 5 rings (SSSR count). The number of hydrogen-bond donors (Lipinski definition) is 0. The van der Waals surface area contributed by atoms with Gasteiger partial charge in [0.05, 0.1) is 20.8 Å². The molecule has 8 heteroatoms. The lowest BCUT2D eigenvalue weighted by Crippen LogP contribution is -2.25. The molecule has 1 aliphatic rings. The molecule has 0 N–H and O–H groups in total. The van der Waals surface area contributed by atoms with Crippen LogP contribution in [-0.4, -0.2) is 59.8 Å². The summed E-state index contributed by atoms with van der Waals surface area (Å²) in [6.07, 6.45) is 0. The number of benzene rings is 2. The van der Waals surface area contributed by atoms with Crippen molar-refractivity contribution in [1.29, 1.82) is 0 Å². The third kappa shape index (κ3) is 3.22. The van der Waals surface area contributed by atoms with Gasteiger partial charge < -0.3 is 9.80 Å². The lowest BCUT2D eigenvalue weighted by Gasteiger charge is -2.25. The SMILES string of the molecule is CN(C)C(=O)c1nc2ccccc2c2c1Sc1c(C(=O)N(C)C)nc3ccccc3c1S2. The molecule has 2 aromatic heterocycles. The lowest BCUT2D eigenvalue weighted by molar-refractivity contribution is 0.0812. The average molecular weight is 461 g/mol. The van der Waals surface area contributed by atoms with Crippen LogP contribution in [0, 0.1) is 0 Å². The molecule has 0 saturated heterocycles. The Bertz CT molecular complexity index is 1330. The van der Waals surface area contributed by atoms with Crippen molar-refractivity contribution < 1.29 is 9.59 Å². The van der Waals surface area contributed by atoms with Crippen LogP contribution in [0.2, 0.25) is 0 Å². The maximum absolute atomic E-state index is 13.1. The summed E-state index contributed by atoms with van der Waals surface area (Å²) in [6.45, 7) is 0. The molecule has 4 aromatic rings. The number of rotatable bonds is 2. The van der Waals surface area contributed by atoms with Gasteiger partial charge in [0.15, 0.2) is 0 Å². The van der Waals surface area contributed by atoms with Crippen molar-refractivity contribution in [3.63, 3.8) is 0 Å². The highest BCUT2D eigenvalue weighted by atomic mass is 32.2. The van der Waals surface area contributed by atoms with Crippen molar-refractivity contribution in [3.05, 3.63) is 59.9 Å². The predicted molar refractivity (Wildman–Crippen MR) is 128 cm³/mol. The van der Waals surface area contributed by atoms with Gasteiger partial charge in [-0.3, -0.25) is 9.59 Å². The largest absolute Gasteiger partial charge is 0.343 e. The molecule has 0 unspecified atom stereocenters. The maximum Gasteiger partial charge on any atom is 0.273 e. The van der Waals surface area contributed by atoms with Gasteiger partial charge in [0.2, 0.25) is 0 Å². The number of amides is 2. The molecule has 2 aromatic carbocycles. The van der Waals surface area contributed by atoms with E-state index in [4.69, 9.17) is 9.97 Å². The summed E-state index contributed by atoms with van der Waals surface area (Å²) in [5.41, 5.74) is 2.33. The molecular formula is C24H20N4O2S2. The molecule has 32 heavy (non-hydrogen) atoms. The van der Waals surface area contributed by atoms with E-state index in [2.05, 4.69) is 0 Å². The highest BCUT2D eigenvalue weighted by Crippen LogP contribution is 2.54. The van der Waals surface area contributed by atoms with Crippen molar-refractivity contribution in [1.82, 2.24) is 19.8 Å². The minimum Gasteiger partial charge on any atom is -0.343 e. The number of carbonyl (C=O) groups is 2. The summed E-state index contributed by atoms with van der Waals surface area (Å²) in [6, 6.07) is 15.7. The van der Waals surface area contributed by atoms with Crippen molar-refractivity contribution in [2.24, 2.45) is 0 Å². The minimum atomic E-state index is -0.169. The van der Waals surface area contributed by atoms with Crippen LogP contribution in [0.4, 0.5) is 0 Å². The number of fused-ring (bicyclic) bond motifs is 6. The molecule has 0 bridgehead atoms. The van der Waals surface area contributed by atoms with Crippen LogP contribution < -0.4 is 0 Å². The summed E-state index contributed by atoms with van der Waals surface area (Å²) in [7, 11) is 6.87.